The number of hydrogen-bond donors (Lipinski definition) is 0. The Morgan fingerprint density at radius 3 is 1.04 bits per heavy atom. The Bertz CT molecular complexity index is 368. The molecule has 0 heterocycles. The zero-order chi connectivity index (χ0) is 20.5. The maximum atomic E-state index is 10.9. The monoisotopic (exact) mass is 346 g/mol. The van der Waals surface area contributed by atoms with Crippen LogP contribution in [-0.4, -0.2) is 61.0 Å². The quantitative estimate of drug-likeness (QED) is 0.650. The summed E-state index contributed by atoms with van der Waals surface area (Å²) in [5, 5.41) is 0. The molecule has 0 aliphatic rings. The fraction of sp³-hybridized carbons (Fsp3) is 0.895. The minimum absolute atomic E-state index is 0.139. The summed E-state index contributed by atoms with van der Waals surface area (Å²) in [5.74, 6) is 0.243. The predicted octanol–water partition coefficient (Wildman–Crippen LogP) is 4.45. The first-order valence-electron chi connectivity index (χ1n) is 8.30. The maximum absolute atomic E-state index is 10.9. The van der Waals surface area contributed by atoms with Crippen LogP contribution in [0.15, 0.2) is 0 Å². The van der Waals surface area contributed by atoms with Crippen molar-refractivity contribution >= 4 is 11.9 Å². The fourth-order valence-corrected chi connectivity index (χ4v) is 0.353. The van der Waals surface area contributed by atoms with Gasteiger partial charge in [-0.3, -0.25) is 4.79 Å². The van der Waals surface area contributed by atoms with Crippen LogP contribution in [0.5, 0.6) is 0 Å². The average molecular weight is 347 g/mol. The Labute approximate surface area is 150 Å². The van der Waals surface area contributed by atoms with Crippen LogP contribution in [0.4, 0.5) is 4.79 Å². The molecule has 146 valence electrons. The first kappa shape index (κ1) is 27.7. The van der Waals surface area contributed by atoms with E-state index in [-0.39, 0.29) is 22.9 Å². The molecule has 0 saturated heterocycles. The molecule has 0 unspecified atom stereocenters. The molecule has 0 saturated carbocycles. The third-order valence-corrected chi connectivity index (χ3v) is 3.16. The van der Waals surface area contributed by atoms with Crippen LogP contribution in [0.3, 0.4) is 0 Å². The van der Waals surface area contributed by atoms with Crippen LogP contribution in [0, 0.1) is 5.41 Å². The van der Waals surface area contributed by atoms with Gasteiger partial charge in [0, 0.05) is 25.0 Å². The molecule has 0 rings (SSSR count). The summed E-state index contributed by atoms with van der Waals surface area (Å²) in [4.78, 5) is 24.9. The molecule has 0 aromatic rings. The highest BCUT2D eigenvalue weighted by Gasteiger charge is 2.17. The van der Waals surface area contributed by atoms with E-state index >= 15 is 0 Å². The predicted molar refractivity (Wildman–Crippen MR) is 103 cm³/mol. The van der Waals surface area contributed by atoms with Gasteiger partial charge in [0.2, 0.25) is 0 Å². The number of ether oxygens (including phenoxy) is 1. The molecule has 0 spiro atoms. The van der Waals surface area contributed by atoms with Crippen molar-refractivity contribution in [2.45, 2.75) is 80.4 Å². The smallest absolute Gasteiger partial charge is 0.409 e. The minimum Gasteiger partial charge on any atom is -0.444 e. The summed E-state index contributed by atoms with van der Waals surface area (Å²) < 4.78 is 4.99. The largest absolute Gasteiger partial charge is 0.444 e. The van der Waals surface area contributed by atoms with Crippen LogP contribution in [-0.2, 0) is 9.53 Å². The number of ketones is 1. The van der Waals surface area contributed by atoms with Crippen molar-refractivity contribution in [1.82, 2.24) is 9.80 Å². The van der Waals surface area contributed by atoms with E-state index in [4.69, 9.17) is 4.74 Å². The lowest BCUT2D eigenvalue weighted by atomic mass is 9.92. The number of amides is 1. The van der Waals surface area contributed by atoms with Crippen LogP contribution < -0.4 is 0 Å². The summed E-state index contributed by atoms with van der Waals surface area (Å²) >= 11 is 0. The fourth-order valence-electron chi connectivity index (χ4n) is 0.353. The zero-order valence-electron chi connectivity index (χ0n) is 18.6. The van der Waals surface area contributed by atoms with Gasteiger partial charge in [-0.05, 0) is 62.6 Å². The highest BCUT2D eigenvalue weighted by molar-refractivity contribution is 5.80. The number of hydrogen-bond acceptors (Lipinski definition) is 4. The van der Waals surface area contributed by atoms with Gasteiger partial charge in [-0.25, -0.2) is 4.79 Å². The van der Waals surface area contributed by atoms with Crippen molar-refractivity contribution in [3.05, 3.63) is 0 Å². The van der Waals surface area contributed by atoms with Gasteiger partial charge in [0.25, 0.3) is 0 Å². The van der Waals surface area contributed by atoms with E-state index in [1.165, 1.54) is 4.90 Å². The van der Waals surface area contributed by atoms with Crippen LogP contribution in [0.2, 0.25) is 0 Å². The molecule has 5 nitrogen and oxygen atoms in total. The SMILES string of the molecule is CC(=O)C(C)(C)C.CN(C)C(=O)OC(C)(C)C.CN(C)C(C)(C)C. The Morgan fingerprint density at radius 1 is 0.750 bits per heavy atom. The van der Waals surface area contributed by atoms with Gasteiger partial charge in [-0.1, -0.05) is 20.8 Å². The molecule has 0 bridgehead atoms. The van der Waals surface area contributed by atoms with Gasteiger partial charge < -0.3 is 14.5 Å². The molecule has 5 heteroatoms. The van der Waals surface area contributed by atoms with Crippen molar-refractivity contribution in [3.63, 3.8) is 0 Å². The van der Waals surface area contributed by atoms with Gasteiger partial charge in [0.05, 0.1) is 0 Å². The topological polar surface area (TPSA) is 49.9 Å². The van der Waals surface area contributed by atoms with E-state index in [1.54, 1.807) is 21.0 Å². The second-order valence-electron chi connectivity index (χ2n) is 9.25. The lowest BCUT2D eigenvalue weighted by molar-refractivity contribution is -0.124. The number of rotatable bonds is 0. The molecular formula is C19H42N2O3. The zero-order valence-corrected chi connectivity index (χ0v) is 18.6. The lowest BCUT2D eigenvalue weighted by Crippen LogP contribution is -2.34. The number of carbonyl (C=O) groups is 2. The molecule has 0 aliphatic carbocycles. The maximum Gasteiger partial charge on any atom is 0.409 e. The van der Waals surface area contributed by atoms with E-state index < -0.39 is 0 Å². The van der Waals surface area contributed by atoms with Crippen molar-refractivity contribution < 1.29 is 14.3 Å². The second kappa shape index (κ2) is 10.7. The summed E-state index contributed by atoms with van der Waals surface area (Å²) in [5.41, 5.74) is -0.193. The molecule has 0 fully saturated rings. The summed E-state index contributed by atoms with van der Waals surface area (Å²) in [6.45, 7) is 19.4. The highest BCUT2D eigenvalue weighted by Crippen LogP contribution is 2.12. The Balaban J connectivity index is -0.000000283. The van der Waals surface area contributed by atoms with Gasteiger partial charge in [-0.15, -0.1) is 0 Å². The molecule has 0 radical (unpaired) electrons. The molecule has 0 N–H and O–H groups in total. The Hall–Kier alpha value is -1.10. The van der Waals surface area contributed by atoms with Crippen molar-refractivity contribution in [2.75, 3.05) is 28.2 Å². The van der Waals surface area contributed by atoms with Crippen molar-refractivity contribution in [2.24, 2.45) is 5.41 Å². The van der Waals surface area contributed by atoms with Crippen LogP contribution >= 0.6 is 0 Å². The molecule has 24 heavy (non-hydrogen) atoms. The van der Waals surface area contributed by atoms with Gasteiger partial charge in [-0.2, -0.15) is 0 Å². The van der Waals surface area contributed by atoms with E-state index in [1.807, 2.05) is 41.5 Å². The standard InChI is InChI=1S/C7H15NO2.C6H15N.C6H12O/c1-7(2,3)10-6(9)8(4)5;1-6(2,3)7(4)5;1-5(7)6(2,3)4/h1-5H3;1-5H3;1-4H3. The highest BCUT2D eigenvalue weighted by atomic mass is 16.6. The van der Waals surface area contributed by atoms with Gasteiger partial charge in [0.1, 0.15) is 11.4 Å². The van der Waals surface area contributed by atoms with Gasteiger partial charge in [0.15, 0.2) is 0 Å². The molecule has 1 amide bonds. The number of Topliss-reactive ketones (excluding diaryl/α,β-unsaturated/α-hetero) is 1. The lowest BCUT2D eigenvalue weighted by Gasteiger charge is -2.27. The Kier molecular flexibility index (Phi) is 12.4. The second-order valence-corrected chi connectivity index (χ2v) is 9.25. The average Bonchev–Trinajstić information content (AvgIpc) is 2.25. The molecule has 0 atom stereocenters. The van der Waals surface area contributed by atoms with Crippen molar-refractivity contribution in [3.8, 4) is 0 Å². The normalized spacial score (nSPS) is 11.6. The van der Waals surface area contributed by atoms with Crippen molar-refractivity contribution in [1.29, 1.82) is 0 Å². The third kappa shape index (κ3) is 20.9. The number of nitrogens with zero attached hydrogens (tertiary/aromatic N) is 2. The van der Waals surface area contributed by atoms with E-state index in [0.29, 0.717) is 5.54 Å². The summed E-state index contributed by atoms with van der Waals surface area (Å²) in [6, 6.07) is 0. The third-order valence-electron chi connectivity index (χ3n) is 3.16. The van der Waals surface area contributed by atoms with Crippen LogP contribution in [0.1, 0.15) is 69.2 Å². The van der Waals surface area contributed by atoms with E-state index in [9.17, 15) is 9.59 Å². The molecular weight excluding hydrogens is 304 g/mol. The number of carbonyl (C=O) groups excluding carboxylic acids is 2. The first-order chi connectivity index (χ1) is 10.2. The summed E-state index contributed by atoms with van der Waals surface area (Å²) in [6.07, 6.45) is -0.299. The van der Waals surface area contributed by atoms with E-state index in [0.717, 1.165) is 0 Å². The van der Waals surface area contributed by atoms with Crippen LogP contribution in [0.25, 0.3) is 0 Å². The first-order valence-corrected chi connectivity index (χ1v) is 8.30. The molecule has 0 aliphatic heterocycles. The Morgan fingerprint density at radius 2 is 1.00 bits per heavy atom. The summed E-state index contributed by atoms with van der Waals surface area (Å²) in [7, 11) is 7.49. The molecule has 0 aromatic heterocycles. The van der Waals surface area contributed by atoms with E-state index in [2.05, 4.69) is 39.8 Å². The molecule has 0 aromatic carbocycles. The minimum atomic E-state index is -0.388. The van der Waals surface area contributed by atoms with Gasteiger partial charge >= 0.3 is 6.09 Å².